The van der Waals surface area contributed by atoms with Crippen molar-refractivity contribution in [3.8, 4) is 11.1 Å². The standard InChI is InChI=1S/C29H30ClFN4O3/c1-16-28(17(2)38-33-16)18-4-11-25-24(14-18)32-29(35(25)19-5-8-21(37-3)9-6-19)26-12-13-27(36)34(26)20-7-10-22(30)23(31)15-20/h4,7,10-11,14-15,19,21,26H,5-6,8-9,12-13H2,1-3H3/t19?,21?,26-/m0/s1. The number of methoxy groups -OCH3 is 1. The van der Waals surface area contributed by atoms with Crippen LogP contribution in [0, 0.1) is 19.7 Å². The highest BCUT2D eigenvalue weighted by atomic mass is 35.5. The fourth-order valence-corrected chi connectivity index (χ4v) is 6.33. The van der Waals surface area contributed by atoms with Gasteiger partial charge in [-0.25, -0.2) is 9.37 Å². The summed E-state index contributed by atoms with van der Waals surface area (Å²) in [6.07, 6.45) is 5.09. The van der Waals surface area contributed by atoms with E-state index in [0.717, 1.165) is 65.1 Å². The van der Waals surface area contributed by atoms with Crippen LogP contribution >= 0.6 is 11.6 Å². The molecule has 38 heavy (non-hydrogen) atoms. The van der Waals surface area contributed by atoms with Gasteiger partial charge in [-0.15, -0.1) is 0 Å². The van der Waals surface area contributed by atoms with E-state index in [1.165, 1.54) is 12.1 Å². The number of hydrogen-bond acceptors (Lipinski definition) is 5. The van der Waals surface area contributed by atoms with Gasteiger partial charge in [0.25, 0.3) is 0 Å². The number of benzene rings is 2. The second kappa shape index (κ2) is 9.82. The molecule has 7 nitrogen and oxygen atoms in total. The number of fused-ring (bicyclic) bond motifs is 1. The summed E-state index contributed by atoms with van der Waals surface area (Å²) in [5.74, 6) is 1.00. The van der Waals surface area contributed by atoms with E-state index in [1.807, 2.05) is 13.8 Å². The first kappa shape index (κ1) is 25.1. The lowest BCUT2D eigenvalue weighted by atomic mass is 9.92. The van der Waals surface area contributed by atoms with E-state index < -0.39 is 5.82 Å². The van der Waals surface area contributed by atoms with Crippen molar-refractivity contribution in [3.63, 3.8) is 0 Å². The van der Waals surface area contributed by atoms with Crippen molar-refractivity contribution in [2.75, 3.05) is 12.0 Å². The molecule has 1 aliphatic carbocycles. The van der Waals surface area contributed by atoms with Crippen LogP contribution in [-0.2, 0) is 9.53 Å². The molecule has 2 aliphatic rings. The van der Waals surface area contributed by atoms with Crippen LogP contribution in [0.3, 0.4) is 0 Å². The van der Waals surface area contributed by atoms with E-state index in [-0.39, 0.29) is 29.1 Å². The Morgan fingerprint density at radius 1 is 1.08 bits per heavy atom. The second-order valence-corrected chi connectivity index (χ2v) is 10.7. The normalized spacial score (nSPS) is 22.1. The van der Waals surface area contributed by atoms with Crippen LogP contribution in [0.4, 0.5) is 10.1 Å². The van der Waals surface area contributed by atoms with Gasteiger partial charge in [0.05, 0.1) is 33.9 Å². The summed E-state index contributed by atoms with van der Waals surface area (Å²) in [7, 11) is 1.77. The third-order valence-electron chi connectivity index (χ3n) is 8.07. The van der Waals surface area contributed by atoms with Gasteiger partial charge in [-0.2, -0.15) is 0 Å². The number of carbonyl (C=O) groups excluding carboxylic acids is 1. The van der Waals surface area contributed by atoms with E-state index in [9.17, 15) is 9.18 Å². The summed E-state index contributed by atoms with van der Waals surface area (Å²) in [4.78, 5) is 20.0. The van der Waals surface area contributed by atoms with Crippen molar-refractivity contribution >= 4 is 34.2 Å². The summed E-state index contributed by atoms with van der Waals surface area (Å²) in [6, 6.07) is 10.7. The van der Waals surface area contributed by atoms with Crippen LogP contribution in [-0.4, -0.2) is 33.8 Å². The number of halogens is 2. The molecule has 0 bridgehead atoms. The van der Waals surface area contributed by atoms with Crippen LogP contribution < -0.4 is 4.90 Å². The first-order valence-corrected chi connectivity index (χ1v) is 13.5. The van der Waals surface area contributed by atoms with Gasteiger partial charge in [-0.1, -0.05) is 22.8 Å². The van der Waals surface area contributed by atoms with Gasteiger partial charge < -0.3 is 18.7 Å². The smallest absolute Gasteiger partial charge is 0.227 e. The summed E-state index contributed by atoms with van der Waals surface area (Å²) >= 11 is 5.94. The van der Waals surface area contributed by atoms with Crippen molar-refractivity contribution in [1.82, 2.24) is 14.7 Å². The second-order valence-electron chi connectivity index (χ2n) is 10.3. The first-order chi connectivity index (χ1) is 18.4. The molecular formula is C29H30ClFN4O3. The maximum atomic E-state index is 14.4. The molecule has 1 atom stereocenters. The highest BCUT2D eigenvalue weighted by Gasteiger charge is 2.38. The molecule has 1 saturated carbocycles. The van der Waals surface area contributed by atoms with Crippen LogP contribution in [0.2, 0.25) is 5.02 Å². The van der Waals surface area contributed by atoms with Gasteiger partial charge in [-0.3, -0.25) is 4.79 Å². The molecule has 1 amide bonds. The van der Waals surface area contributed by atoms with Crippen molar-refractivity contribution in [2.45, 2.75) is 70.6 Å². The number of nitrogens with zero attached hydrogens (tertiary/aromatic N) is 4. The molecule has 198 valence electrons. The zero-order chi connectivity index (χ0) is 26.6. The minimum Gasteiger partial charge on any atom is -0.381 e. The lowest BCUT2D eigenvalue weighted by Gasteiger charge is -2.32. The Morgan fingerprint density at radius 2 is 1.87 bits per heavy atom. The van der Waals surface area contributed by atoms with Crippen molar-refractivity contribution in [2.24, 2.45) is 0 Å². The lowest BCUT2D eigenvalue weighted by Crippen LogP contribution is -2.31. The summed E-state index contributed by atoms with van der Waals surface area (Å²) in [5.41, 5.74) is 5.17. The molecule has 4 aromatic rings. The molecule has 0 N–H and O–H groups in total. The molecule has 2 fully saturated rings. The number of ether oxygens (including phenoxy) is 1. The number of carbonyl (C=O) groups is 1. The predicted molar refractivity (Wildman–Crippen MR) is 144 cm³/mol. The number of imidazole rings is 1. The summed E-state index contributed by atoms with van der Waals surface area (Å²) in [5, 5.41) is 4.15. The topological polar surface area (TPSA) is 73.4 Å². The molecule has 0 unspecified atom stereocenters. The molecular weight excluding hydrogens is 507 g/mol. The molecule has 0 radical (unpaired) electrons. The molecule has 6 rings (SSSR count). The quantitative estimate of drug-likeness (QED) is 0.272. The average molecular weight is 537 g/mol. The van der Waals surface area contributed by atoms with Gasteiger partial charge in [-0.05, 0) is 81.8 Å². The van der Waals surface area contributed by atoms with Gasteiger partial charge in [0.15, 0.2) is 0 Å². The van der Waals surface area contributed by atoms with Crippen molar-refractivity contribution in [1.29, 1.82) is 0 Å². The zero-order valence-electron chi connectivity index (χ0n) is 21.7. The monoisotopic (exact) mass is 536 g/mol. The third-order valence-corrected chi connectivity index (χ3v) is 8.38. The summed E-state index contributed by atoms with van der Waals surface area (Å²) < 4.78 is 27.8. The van der Waals surface area contributed by atoms with Gasteiger partial charge in [0.2, 0.25) is 5.91 Å². The fraction of sp³-hybridized carbons (Fsp3) is 0.414. The molecule has 9 heteroatoms. The van der Waals surface area contributed by atoms with E-state index in [1.54, 1.807) is 18.1 Å². The van der Waals surface area contributed by atoms with Gasteiger partial charge >= 0.3 is 0 Å². The Morgan fingerprint density at radius 3 is 2.55 bits per heavy atom. The molecule has 3 heterocycles. The van der Waals surface area contributed by atoms with Crippen LogP contribution in [0.15, 0.2) is 40.9 Å². The molecule has 1 aliphatic heterocycles. The molecule has 2 aromatic heterocycles. The van der Waals surface area contributed by atoms with E-state index in [0.29, 0.717) is 18.5 Å². The fourth-order valence-electron chi connectivity index (χ4n) is 6.21. The number of rotatable bonds is 5. The Labute approximate surface area is 225 Å². The van der Waals surface area contributed by atoms with Crippen LogP contribution in [0.1, 0.15) is 67.9 Å². The minimum absolute atomic E-state index is 0.0333. The van der Waals surface area contributed by atoms with Crippen LogP contribution in [0.5, 0.6) is 0 Å². The maximum Gasteiger partial charge on any atom is 0.227 e. The summed E-state index contributed by atoms with van der Waals surface area (Å²) in [6.45, 7) is 3.84. The Balaban J connectivity index is 1.49. The lowest BCUT2D eigenvalue weighted by molar-refractivity contribution is -0.117. The minimum atomic E-state index is -0.543. The first-order valence-electron chi connectivity index (χ1n) is 13.1. The van der Waals surface area contributed by atoms with Gasteiger partial charge in [0.1, 0.15) is 17.4 Å². The predicted octanol–water partition coefficient (Wildman–Crippen LogP) is 7.10. The number of aryl methyl sites for hydroxylation is 2. The van der Waals surface area contributed by atoms with Crippen LogP contribution in [0.25, 0.3) is 22.2 Å². The zero-order valence-corrected chi connectivity index (χ0v) is 22.5. The largest absolute Gasteiger partial charge is 0.381 e. The number of amides is 1. The highest BCUT2D eigenvalue weighted by Crippen LogP contribution is 2.42. The SMILES string of the molecule is COC1CCC(n2c([C@@H]3CCC(=O)N3c3ccc(Cl)c(F)c3)nc3cc(-c4c(C)noc4C)ccc32)CC1. The number of aromatic nitrogens is 3. The Bertz CT molecular complexity index is 1500. The molecule has 1 saturated heterocycles. The molecule has 0 spiro atoms. The highest BCUT2D eigenvalue weighted by molar-refractivity contribution is 6.30. The maximum absolute atomic E-state index is 14.4. The van der Waals surface area contributed by atoms with E-state index in [4.69, 9.17) is 25.8 Å². The van der Waals surface area contributed by atoms with Gasteiger partial charge in [0, 0.05) is 30.8 Å². The average Bonchev–Trinajstić information content (AvgIpc) is 3.59. The molecule has 2 aromatic carbocycles. The number of anilines is 1. The van der Waals surface area contributed by atoms with Crippen molar-refractivity contribution < 1.29 is 18.4 Å². The van der Waals surface area contributed by atoms with Crippen molar-refractivity contribution in [3.05, 3.63) is 64.5 Å². The number of hydrogen-bond donors (Lipinski definition) is 0. The van der Waals surface area contributed by atoms with E-state index >= 15 is 0 Å². The Hall–Kier alpha value is -3.23. The van der Waals surface area contributed by atoms with E-state index in [2.05, 4.69) is 27.9 Å². The Kier molecular flexibility index (Phi) is 6.48. The third kappa shape index (κ3) is 4.20.